The van der Waals surface area contributed by atoms with Crippen LogP contribution in [0.3, 0.4) is 0 Å². The highest BCUT2D eigenvalue weighted by molar-refractivity contribution is 5.48. The molecule has 1 aromatic carbocycles. The smallest absolute Gasteiger partial charge is 0.123 e. The number of likely N-dealkylation sites (tertiary alicyclic amines) is 1. The SMILES string of the molecule is CCOCC1CCN(C/C=C/c2ccc(F)cc2)C1. The zero-order valence-corrected chi connectivity index (χ0v) is 11.5. The van der Waals surface area contributed by atoms with Crippen molar-refractivity contribution in [1.29, 1.82) is 0 Å². The quantitative estimate of drug-likeness (QED) is 0.781. The van der Waals surface area contributed by atoms with Crippen molar-refractivity contribution in [3.8, 4) is 0 Å². The highest BCUT2D eigenvalue weighted by Crippen LogP contribution is 2.16. The molecule has 0 bridgehead atoms. The van der Waals surface area contributed by atoms with E-state index < -0.39 is 0 Å². The Morgan fingerprint density at radius 1 is 1.37 bits per heavy atom. The van der Waals surface area contributed by atoms with Gasteiger partial charge in [0.25, 0.3) is 0 Å². The second-order valence-corrected chi connectivity index (χ2v) is 5.03. The van der Waals surface area contributed by atoms with Gasteiger partial charge < -0.3 is 4.74 Å². The standard InChI is InChI=1S/C16H22FNO/c1-2-19-13-15-9-11-18(12-15)10-3-4-14-5-7-16(17)8-6-14/h3-8,15H,2,9-13H2,1H3/b4-3+. The number of halogens is 1. The topological polar surface area (TPSA) is 12.5 Å². The third-order valence-corrected chi connectivity index (χ3v) is 3.47. The van der Waals surface area contributed by atoms with Gasteiger partial charge in [-0.05, 0) is 43.5 Å². The lowest BCUT2D eigenvalue weighted by atomic mass is 10.1. The molecule has 1 unspecified atom stereocenters. The zero-order chi connectivity index (χ0) is 13.5. The van der Waals surface area contributed by atoms with Crippen LogP contribution in [0, 0.1) is 11.7 Å². The molecule has 104 valence electrons. The Balaban J connectivity index is 1.72. The summed E-state index contributed by atoms with van der Waals surface area (Å²) in [6.45, 7) is 6.95. The average Bonchev–Trinajstić information content (AvgIpc) is 2.87. The summed E-state index contributed by atoms with van der Waals surface area (Å²) in [7, 11) is 0. The Labute approximate surface area is 114 Å². The number of hydrogen-bond donors (Lipinski definition) is 0. The fourth-order valence-electron chi connectivity index (χ4n) is 2.41. The van der Waals surface area contributed by atoms with Crippen LogP contribution in [-0.2, 0) is 4.74 Å². The third-order valence-electron chi connectivity index (χ3n) is 3.47. The molecule has 0 aliphatic carbocycles. The molecule has 0 aromatic heterocycles. The van der Waals surface area contributed by atoms with Crippen LogP contribution in [0.1, 0.15) is 18.9 Å². The summed E-state index contributed by atoms with van der Waals surface area (Å²) in [4.78, 5) is 2.43. The summed E-state index contributed by atoms with van der Waals surface area (Å²) < 4.78 is 18.2. The van der Waals surface area contributed by atoms with Crippen LogP contribution < -0.4 is 0 Å². The Kier molecular flexibility index (Phi) is 5.55. The minimum absolute atomic E-state index is 0.185. The molecular formula is C16H22FNO. The van der Waals surface area contributed by atoms with E-state index in [0.717, 1.165) is 38.4 Å². The van der Waals surface area contributed by atoms with Gasteiger partial charge in [-0.2, -0.15) is 0 Å². The van der Waals surface area contributed by atoms with Gasteiger partial charge in [-0.25, -0.2) is 4.39 Å². The summed E-state index contributed by atoms with van der Waals surface area (Å²) >= 11 is 0. The van der Waals surface area contributed by atoms with Crippen LogP contribution in [0.25, 0.3) is 6.08 Å². The van der Waals surface area contributed by atoms with E-state index in [1.54, 1.807) is 12.1 Å². The number of rotatable bonds is 6. The van der Waals surface area contributed by atoms with Crippen molar-refractivity contribution in [3.63, 3.8) is 0 Å². The van der Waals surface area contributed by atoms with E-state index in [0.29, 0.717) is 5.92 Å². The number of ether oxygens (including phenoxy) is 1. The largest absolute Gasteiger partial charge is 0.381 e. The van der Waals surface area contributed by atoms with Crippen molar-refractivity contribution in [1.82, 2.24) is 4.90 Å². The molecule has 19 heavy (non-hydrogen) atoms. The number of benzene rings is 1. The van der Waals surface area contributed by atoms with Gasteiger partial charge in [-0.15, -0.1) is 0 Å². The van der Waals surface area contributed by atoms with Crippen molar-refractivity contribution >= 4 is 6.08 Å². The third kappa shape index (κ3) is 4.77. The van der Waals surface area contributed by atoms with E-state index in [1.807, 2.05) is 6.92 Å². The summed E-state index contributed by atoms with van der Waals surface area (Å²) in [6.07, 6.45) is 5.43. The van der Waals surface area contributed by atoms with Crippen LogP contribution in [0.5, 0.6) is 0 Å². The van der Waals surface area contributed by atoms with Crippen molar-refractivity contribution in [2.75, 3.05) is 32.8 Å². The first kappa shape index (κ1) is 14.2. The highest BCUT2D eigenvalue weighted by atomic mass is 19.1. The summed E-state index contributed by atoms with van der Waals surface area (Å²) in [5.74, 6) is 0.495. The lowest BCUT2D eigenvalue weighted by molar-refractivity contribution is 0.112. The summed E-state index contributed by atoms with van der Waals surface area (Å²) in [6, 6.07) is 6.59. The fourth-order valence-corrected chi connectivity index (χ4v) is 2.41. The van der Waals surface area contributed by atoms with E-state index in [9.17, 15) is 4.39 Å². The minimum Gasteiger partial charge on any atom is -0.381 e. The van der Waals surface area contributed by atoms with Gasteiger partial charge in [0.1, 0.15) is 5.82 Å². The zero-order valence-electron chi connectivity index (χ0n) is 11.5. The molecule has 0 saturated carbocycles. The average molecular weight is 263 g/mol. The molecule has 1 heterocycles. The normalized spacial score (nSPS) is 20.4. The summed E-state index contributed by atoms with van der Waals surface area (Å²) in [5, 5.41) is 0. The van der Waals surface area contributed by atoms with Gasteiger partial charge >= 0.3 is 0 Å². The van der Waals surface area contributed by atoms with Gasteiger partial charge in [-0.3, -0.25) is 4.90 Å². The Morgan fingerprint density at radius 3 is 2.89 bits per heavy atom. The van der Waals surface area contributed by atoms with Gasteiger partial charge in [0, 0.05) is 19.7 Å². The predicted molar refractivity (Wildman–Crippen MR) is 76.5 cm³/mol. The van der Waals surface area contributed by atoms with Crippen LogP contribution in [0.4, 0.5) is 4.39 Å². The van der Waals surface area contributed by atoms with Crippen LogP contribution in [0.2, 0.25) is 0 Å². The Bertz CT molecular complexity index is 402. The Hall–Kier alpha value is -1.19. The molecule has 0 amide bonds. The molecule has 2 rings (SSSR count). The molecule has 1 fully saturated rings. The van der Waals surface area contributed by atoms with E-state index >= 15 is 0 Å². The van der Waals surface area contributed by atoms with Crippen molar-refractivity contribution in [2.45, 2.75) is 13.3 Å². The van der Waals surface area contributed by atoms with Crippen molar-refractivity contribution < 1.29 is 9.13 Å². The molecule has 1 aliphatic heterocycles. The van der Waals surface area contributed by atoms with Gasteiger partial charge in [0.05, 0.1) is 6.61 Å². The second-order valence-electron chi connectivity index (χ2n) is 5.03. The van der Waals surface area contributed by atoms with Crippen molar-refractivity contribution in [2.24, 2.45) is 5.92 Å². The minimum atomic E-state index is -0.185. The molecule has 0 N–H and O–H groups in total. The number of hydrogen-bond acceptors (Lipinski definition) is 2. The molecule has 1 aliphatic rings. The molecule has 1 saturated heterocycles. The van der Waals surface area contributed by atoms with Gasteiger partial charge in [-0.1, -0.05) is 24.3 Å². The van der Waals surface area contributed by atoms with Gasteiger partial charge in [0.2, 0.25) is 0 Å². The summed E-state index contributed by atoms with van der Waals surface area (Å²) in [5.41, 5.74) is 1.05. The molecular weight excluding hydrogens is 241 g/mol. The van der Waals surface area contributed by atoms with E-state index in [2.05, 4.69) is 17.1 Å². The maximum Gasteiger partial charge on any atom is 0.123 e. The first-order chi connectivity index (χ1) is 9.28. The highest BCUT2D eigenvalue weighted by Gasteiger charge is 2.21. The Morgan fingerprint density at radius 2 is 2.16 bits per heavy atom. The lowest BCUT2D eigenvalue weighted by Crippen LogP contribution is -2.21. The van der Waals surface area contributed by atoms with Crippen molar-refractivity contribution in [3.05, 3.63) is 41.7 Å². The van der Waals surface area contributed by atoms with Crippen LogP contribution >= 0.6 is 0 Å². The first-order valence-corrected chi connectivity index (χ1v) is 7.00. The molecule has 0 radical (unpaired) electrons. The molecule has 3 heteroatoms. The molecule has 2 nitrogen and oxygen atoms in total. The maximum atomic E-state index is 12.8. The van der Waals surface area contributed by atoms with E-state index in [1.165, 1.54) is 18.6 Å². The predicted octanol–water partition coefficient (Wildman–Crippen LogP) is 3.20. The number of nitrogens with zero attached hydrogens (tertiary/aromatic N) is 1. The molecule has 1 atom stereocenters. The van der Waals surface area contributed by atoms with E-state index in [4.69, 9.17) is 4.74 Å². The van der Waals surface area contributed by atoms with E-state index in [-0.39, 0.29) is 5.82 Å². The van der Waals surface area contributed by atoms with Crippen LogP contribution in [0.15, 0.2) is 30.3 Å². The first-order valence-electron chi connectivity index (χ1n) is 7.00. The maximum absolute atomic E-state index is 12.8. The lowest BCUT2D eigenvalue weighted by Gasteiger charge is -2.13. The molecule has 1 aromatic rings. The molecule has 0 spiro atoms. The van der Waals surface area contributed by atoms with Gasteiger partial charge in [0.15, 0.2) is 0 Å². The fraction of sp³-hybridized carbons (Fsp3) is 0.500. The van der Waals surface area contributed by atoms with Crippen LogP contribution in [-0.4, -0.2) is 37.7 Å². The monoisotopic (exact) mass is 263 g/mol. The second kappa shape index (κ2) is 7.41.